The van der Waals surface area contributed by atoms with Crippen molar-refractivity contribution in [3.63, 3.8) is 0 Å². The van der Waals surface area contributed by atoms with Gasteiger partial charge in [-0.2, -0.15) is 0 Å². The zero-order valence-corrected chi connectivity index (χ0v) is 12.7. The molecule has 0 aromatic heterocycles. The van der Waals surface area contributed by atoms with Gasteiger partial charge in [0.15, 0.2) is 0 Å². The fraction of sp³-hybridized carbons (Fsp3) is 0.533. The lowest BCUT2D eigenvalue weighted by atomic mass is 10.1. The first kappa shape index (κ1) is 16.5. The van der Waals surface area contributed by atoms with Gasteiger partial charge in [-0.3, -0.25) is 0 Å². The van der Waals surface area contributed by atoms with Gasteiger partial charge >= 0.3 is 6.03 Å². The van der Waals surface area contributed by atoms with Crippen LogP contribution in [0, 0.1) is 0 Å². The Labute approximate surface area is 121 Å². The molecule has 5 nitrogen and oxygen atoms in total. The van der Waals surface area contributed by atoms with Gasteiger partial charge in [-0.15, -0.1) is 0 Å². The number of nitrogens with zero attached hydrogens (tertiary/aromatic N) is 1. The van der Waals surface area contributed by atoms with Crippen molar-refractivity contribution in [3.05, 3.63) is 29.8 Å². The summed E-state index contributed by atoms with van der Waals surface area (Å²) < 4.78 is 0. The van der Waals surface area contributed by atoms with Gasteiger partial charge < -0.3 is 20.6 Å². The molecule has 20 heavy (non-hydrogen) atoms. The Hall–Kier alpha value is -1.59. The quantitative estimate of drug-likeness (QED) is 0.748. The van der Waals surface area contributed by atoms with E-state index in [1.807, 2.05) is 21.0 Å². The highest BCUT2D eigenvalue weighted by Crippen LogP contribution is 2.15. The minimum Gasteiger partial charge on any atom is -0.389 e. The van der Waals surface area contributed by atoms with E-state index in [1.54, 1.807) is 31.2 Å². The van der Waals surface area contributed by atoms with E-state index in [2.05, 4.69) is 15.5 Å². The number of aliphatic hydroxyl groups excluding tert-OH is 1. The van der Waals surface area contributed by atoms with Gasteiger partial charge in [0, 0.05) is 11.7 Å². The van der Waals surface area contributed by atoms with Crippen molar-refractivity contribution in [3.8, 4) is 0 Å². The van der Waals surface area contributed by atoms with Gasteiger partial charge in [0.1, 0.15) is 0 Å². The largest absolute Gasteiger partial charge is 0.389 e. The Morgan fingerprint density at radius 2 is 1.85 bits per heavy atom. The van der Waals surface area contributed by atoms with Crippen LogP contribution in [0.3, 0.4) is 0 Å². The molecule has 0 radical (unpaired) electrons. The third-order valence-corrected chi connectivity index (χ3v) is 3.04. The van der Waals surface area contributed by atoms with Crippen LogP contribution in [0.15, 0.2) is 24.3 Å². The predicted molar refractivity (Wildman–Crippen MR) is 81.9 cm³/mol. The highest BCUT2D eigenvalue weighted by molar-refractivity contribution is 5.89. The van der Waals surface area contributed by atoms with E-state index in [-0.39, 0.29) is 12.1 Å². The first-order valence-corrected chi connectivity index (χ1v) is 6.88. The summed E-state index contributed by atoms with van der Waals surface area (Å²) in [5.74, 6) is 0. The Bertz CT molecular complexity index is 416. The highest BCUT2D eigenvalue weighted by Gasteiger charge is 2.08. The molecule has 0 bridgehead atoms. The van der Waals surface area contributed by atoms with E-state index in [0.717, 1.165) is 18.5 Å². The number of carbonyl (C=O) groups is 1. The van der Waals surface area contributed by atoms with Crippen molar-refractivity contribution in [1.29, 1.82) is 0 Å². The van der Waals surface area contributed by atoms with Gasteiger partial charge in [0.05, 0.1) is 6.10 Å². The van der Waals surface area contributed by atoms with Crippen molar-refractivity contribution in [2.75, 3.05) is 26.0 Å². The molecule has 0 saturated carbocycles. The summed E-state index contributed by atoms with van der Waals surface area (Å²) in [6, 6.07) is 7.08. The molecule has 112 valence electrons. The normalized spacial score (nSPS) is 13.9. The summed E-state index contributed by atoms with van der Waals surface area (Å²) in [5.41, 5.74) is 1.54. The first-order chi connectivity index (χ1) is 9.38. The standard InChI is InChI=1S/C15H25N3O2/c1-11(9-10-18(3)4)16-15(20)17-14-7-5-13(6-8-14)12(2)19/h5-8,11-12,19H,9-10H2,1-4H3,(H2,16,17,20). The summed E-state index contributed by atoms with van der Waals surface area (Å²) in [5, 5.41) is 15.1. The van der Waals surface area contributed by atoms with Crippen molar-refractivity contribution >= 4 is 11.7 Å². The lowest BCUT2D eigenvalue weighted by Crippen LogP contribution is -2.37. The second-order valence-electron chi connectivity index (χ2n) is 5.39. The zero-order chi connectivity index (χ0) is 15.1. The Morgan fingerprint density at radius 1 is 1.25 bits per heavy atom. The smallest absolute Gasteiger partial charge is 0.319 e. The van der Waals surface area contributed by atoms with Crippen LogP contribution in [0.2, 0.25) is 0 Å². The highest BCUT2D eigenvalue weighted by atomic mass is 16.3. The first-order valence-electron chi connectivity index (χ1n) is 6.88. The molecule has 5 heteroatoms. The van der Waals surface area contributed by atoms with Crippen molar-refractivity contribution < 1.29 is 9.90 Å². The van der Waals surface area contributed by atoms with E-state index in [0.29, 0.717) is 5.69 Å². The SMILES string of the molecule is CC(CCN(C)C)NC(=O)Nc1ccc(C(C)O)cc1. The topological polar surface area (TPSA) is 64.6 Å². The van der Waals surface area contributed by atoms with E-state index < -0.39 is 6.10 Å². The fourth-order valence-electron chi connectivity index (χ4n) is 1.76. The molecular formula is C15H25N3O2. The van der Waals surface area contributed by atoms with Crippen LogP contribution in [-0.4, -0.2) is 42.7 Å². The average molecular weight is 279 g/mol. The molecule has 0 aliphatic carbocycles. The molecule has 1 rings (SSSR count). The van der Waals surface area contributed by atoms with E-state index >= 15 is 0 Å². The van der Waals surface area contributed by atoms with Crippen LogP contribution in [0.4, 0.5) is 10.5 Å². The maximum absolute atomic E-state index is 11.8. The molecule has 1 aromatic rings. The third-order valence-electron chi connectivity index (χ3n) is 3.04. The molecule has 0 fully saturated rings. The van der Waals surface area contributed by atoms with E-state index in [4.69, 9.17) is 0 Å². The average Bonchev–Trinajstić information content (AvgIpc) is 2.36. The minimum absolute atomic E-state index is 0.120. The molecule has 3 N–H and O–H groups in total. The van der Waals surface area contributed by atoms with Crippen LogP contribution >= 0.6 is 0 Å². The van der Waals surface area contributed by atoms with E-state index in [1.165, 1.54) is 0 Å². The summed E-state index contributed by atoms with van der Waals surface area (Å²) in [4.78, 5) is 13.9. The number of amides is 2. The number of urea groups is 1. The number of hydrogen-bond acceptors (Lipinski definition) is 3. The number of rotatable bonds is 6. The second kappa shape index (κ2) is 7.87. The number of anilines is 1. The number of hydrogen-bond donors (Lipinski definition) is 3. The van der Waals surface area contributed by atoms with Gasteiger partial charge in [-0.1, -0.05) is 12.1 Å². The van der Waals surface area contributed by atoms with Crippen LogP contribution in [0.25, 0.3) is 0 Å². The third kappa shape index (κ3) is 6.04. The lowest BCUT2D eigenvalue weighted by Gasteiger charge is -2.17. The molecule has 2 amide bonds. The van der Waals surface area contributed by atoms with Gasteiger partial charge in [-0.05, 0) is 58.6 Å². The molecule has 0 heterocycles. The van der Waals surface area contributed by atoms with Gasteiger partial charge in [0.25, 0.3) is 0 Å². The van der Waals surface area contributed by atoms with Crippen LogP contribution in [0.5, 0.6) is 0 Å². The van der Waals surface area contributed by atoms with Gasteiger partial charge in [-0.25, -0.2) is 4.79 Å². The predicted octanol–water partition coefficient (Wildman–Crippen LogP) is 2.20. The van der Waals surface area contributed by atoms with Crippen LogP contribution in [-0.2, 0) is 0 Å². The molecule has 0 aliphatic heterocycles. The number of carbonyl (C=O) groups excluding carboxylic acids is 1. The maximum atomic E-state index is 11.8. The Kier molecular flexibility index (Phi) is 6.48. The minimum atomic E-state index is -0.496. The molecule has 2 atom stereocenters. The van der Waals surface area contributed by atoms with Crippen molar-refractivity contribution in [2.45, 2.75) is 32.4 Å². The number of nitrogens with one attached hydrogen (secondary N) is 2. The summed E-state index contributed by atoms with van der Waals surface area (Å²) in [6.45, 7) is 4.63. The molecular weight excluding hydrogens is 254 g/mol. The molecule has 0 spiro atoms. The lowest BCUT2D eigenvalue weighted by molar-refractivity contribution is 0.199. The maximum Gasteiger partial charge on any atom is 0.319 e. The Morgan fingerprint density at radius 3 is 2.35 bits per heavy atom. The summed E-state index contributed by atoms with van der Waals surface area (Å²) in [6.07, 6.45) is 0.408. The number of aliphatic hydroxyl groups is 1. The van der Waals surface area contributed by atoms with E-state index in [9.17, 15) is 9.90 Å². The number of benzene rings is 1. The Balaban J connectivity index is 2.41. The monoisotopic (exact) mass is 279 g/mol. The van der Waals surface area contributed by atoms with Gasteiger partial charge in [0.2, 0.25) is 0 Å². The fourth-order valence-corrected chi connectivity index (χ4v) is 1.76. The molecule has 0 aliphatic rings. The van der Waals surface area contributed by atoms with Crippen LogP contribution < -0.4 is 10.6 Å². The molecule has 1 aromatic carbocycles. The van der Waals surface area contributed by atoms with Crippen molar-refractivity contribution in [1.82, 2.24) is 10.2 Å². The van der Waals surface area contributed by atoms with Crippen molar-refractivity contribution in [2.24, 2.45) is 0 Å². The molecule has 0 saturated heterocycles. The van der Waals surface area contributed by atoms with Crippen LogP contribution in [0.1, 0.15) is 31.9 Å². The second-order valence-corrected chi connectivity index (χ2v) is 5.39. The summed E-state index contributed by atoms with van der Waals surface area (Å²) in [7, 11) is 4.02. The zero-order valence-electron chi connectivity index (χ0n) is 12.7. The summed E-state index contributed by atoms with van der Waals surface area (Å²) >= 11 is 0. The molecule has 2 unspecified atom stereocenters.